The number of nitrogens with zero attached hydrogens (tertiary/aromatic N) is 1. The van der Waals surface area contributed by atoms with Gasteiger partial charge in [0.05, 0.1) is 10.7 Å². The number of carbonyl (C=O) groups excluding carboxylic acids is 1. The molecule has 4 nitrogen and oxygen atoms in total. The second-order valence-corrected chi connectivity index (χ2v) is 6.10. The first-order valence-electron chi connectivity index (χ1n) is 7.10. The van der Waals surface area contributed by atoms with Crippen molar-refractivity contribution in [3.63, 3.8) is 0 Å². The van der Waals surface area contributed by atoms with Crippen LogP contribution in [-0.4, -0.2) is 17.4 Å². The molecule has 0 saturated carbocycles. The molecular weight excluding hydrogens is 282 g/mol. The molecule has 0 aliphatic carbocycles. The van der Waals surface area contributed by atoms with Crippen molar-refractivity contribution in [1.29, 1.82) is 0 Å². The third-order valence-electron chi connectivity index (χ3n) is 3.41. The van der Waals surface area contributed by atoms with Crippen molar-refractivity contribution in [2.24, 2.45) is 5.73 Å². The minimum absolute atomic E-state index is 0.167. The lowest BCUT2D eigenvalue weighted by Crippen LogP contribution is -2.49. The highest BCUT2D eigenvalue weighted by Gasteiger charge is 2.29. The smallest absolute Gasteiger partial charge is 0.244 e. The maximum Gasteiger partial charge on any atom is 0.244 e. The largest absolute Gasteiger partial charge is 0.354 e. The lowest BCUT2D eigenvalue weighted by molar-refractivity contribution is -0.126. The van der Waals surface area contributed by atoms with Crippen molar-refractivity contribution in [3.05, 3.63) is 52.0 Å². The Morgan fingerprint density at radius 3 is 2.71 bits per heavy atom. The van der Waals surface area contributed by atoms with Crippen molar-refractivity contribution in [1.82, 2.24) is 10.3 Å². The summed E-state index contributed by atoms with van der Waals surface area (Å²) in [5.41, 5.74) is 6.98. The molecule has 0 aliphatic rings. The van der Waals surface area contributed by atoms with Crippen molar-refractivity contribution in [3.8, 4) is 0 Å². The van der Waals surface area contributed by atoms with Gasteiger partial charge in [-0.3, -0.25) is 4.79 Å². The predicted octanol–water partition coefficient (Wildman–Crippen LogP) is 2.24. The van der Waals surface area contributed by atoms with Crippen LogP contribution in [0.15, 0.2) is 35.7 Å². The van der Waals surface area contributed by atoms with E-state index < -0.39 is 5.54 Å². The molecule has 1 aromatic heterocycles. The number of thiazole rings is 1. The fourth-order valence-corrected chi connectivity index (χ4v) is 2.81. The monoisotopic (exact) mass is 303 g/mol. The molecule has 3 N–H and O–H groups in total. The maximum atomic E-state index is 12.3. The molecule has 0 bridgehead atoms. The Balaban J connectivity index is 1.89. The molecule has 2 rings (SSSR count). The fourth-order valence-electron chi connectivity index (χ4n) is 2.03. The van der Waals surface area contributed by atoms with Gasteiger partial charge < -0.3 is 11.1 Å². The van der Waals surface area contributed by atoms with E-state index in [9.17, 15) is 4.79 Å². The molecule has 0 saturated heterocycles. The van der Waals surface area contributed by atoms with Gasteiger partial charge in [0.15, 0.2) is 0 Å². The Labute approximate surface area is 129 Å². The van der Waals surface area contributed by atoms with Gasteiger partial charge in [-0.15, -0.1) is 11.3 Å². The zero-order valence-corrected chi connectivity index (χ0v) is 13.2. The first kappa shape index (κ1) is 15.7. The second-order valence-electron chi connectivity index (χ2n) is 5.16. The van der Waals surface area contributed by atoms with E-state index >= 15 is 0 Å². The minimum atomic E-state index is -1.02. The van der Waals surface area contributed by atoms with Crippen molar-refractivity contribution < 1.29 is 4.79 Å². The Kier molecular flexibility index (Phi) is 5.09. The Hall–Kier alpha value is -1.72. The van der Waals surface area contributed by atoms with E-state index in [1.165, 1.54) is 0 Å². The molecule has 0 fully saturated rings. The average molecular weight is 303 g/mol. The summed E-state index contributed by atoms with van der Waals surface area (Å²) in [6.45, 7) is 4.37. The number of hydrogen-bond donors (Lipinski definition) is 2. The molecule has 1 atom stereocenters. The van der Waals surface area contributed by atoms with Gasteiger partial charge >= 0.3 is 0 Å². The Morgan fingerprint density at radius 2 is 2.10 bits per heavy atom. The van der Waals surface area contributed by atoms with Gasteiger partial charge in [-0.1, -0.05) is 37.3 Å². The minimum Gasteiger partial charge on any atom is -0.354 e. The molecular formula is C16H21N3OS. The van der Waals surface area contributed by atoms with E-state index in [4.69, 9.17) is 5.73 Å². The van der Waals surface area contributed by atoms with E-state index in [0.717, 1.165) is 29.1 Å². The number of rotatable bonds is 6. The van der Waals surface area contributed by atoms with E-state index in [1.807, 2.05) is 35.7 Å². The summed E-state index contributed by atoms with van der Waals surface area (Å²) in [6.07, 6.45) is 1.68. The second kappa shape index (κ2) is 6.83. The van der Waals surface area contributed by atoms with E-state index in [1.54, 1.807) is 18.3 Å². The van der Waals surface area contributed by atoms with Gasteiger partial charge in [-0.25, -0.2) is 4.98 Å². The summed E-state index contributed by atoms with van der Waals surface area (Å²) in [7, 11) is 0. The number of carbonyl (C=O) groups is 1. The third kappa shape index (κ3) is 3.89. The summed E-state index contributed by atoms with van der Waals surface area (Å²) >= 11 is 1.66. The highest BCUT2D eigenvalue weighted by Crippen LogP contribution is 2.17. The highest BCUT2D eigenvalue weighted by atomic mass is 32.1. The van der Waals surface area contributed by atoms with Crippen LogP contribution in [0.1, 0.15) is 30.1 Å². The van der Waals surface area contributed by atoms with E-state index in [2.05, 4.69) is 17.2 Å². The van der Waals surface area contributed by atoms with Crippen LogP contribution in [0.5, 0.6) is 0 Å². The summed E-state index contributed by atoms with van der Waals surface area (Å²) in [5, 5.41) is 6.07. The zero-order chi connectivity index (χ0) is 15.3. The van der Waals surface area contributed by atoms with Crippen LogP contribution in [0, 0.1) is 0 Å². The normalized spacial score (nSPS) is 13.7. The number of amides is 1. The molecule has 1 amide bonds. The standard InChI is InChI=1S/C16H21N3OS/c1-3-14-19-13(11-21-14)9-10-18-15(20)16(2,17)12-7-5-4-6-8-12/h4-8,11H,3,9-10,17H2,1-2H3,(H,18,20). The van der Waals surface area contributed by atoms with Gasteiger partial charge in [0.1, 0.15) is 5.54 Å². The van der Waals surface area contributed by atoms with Crippen LogP contribution < -0.4 is 11.1 Å². The SMILES string of the molecule is CCc1nc(CCNC(=O)C(C)(N)c2ccccc2)cs1. The zero-order valence-electron chi connectivity index (χ0n) is 12.4. The molecule has 0 aliphatic heterocycles. The van der Waals surface area contributed by atoms with Gasteiger partial charge in [-0.05, 0) is 18.9 Å². The molecule has 0 spiro atoms. The number of aryl methyl sites for hydroxylation is 1. The molecule has 5 heteroatoms. The predicted molar refractivity (Wildman–Crippen MR) is 86.2 cm³/mol. The molecule has 1 heterocycles. The third-order valence-corrected chi connectivity index (χ3v) is 4.46. The van der Waals surface area contributed by atoms with Crippen molar-refractivity contribution >= 4 is 17.2 Å². The van der Waals surface area contributed by atoms with Crippen molar-refractivity contribution in [2.75, 3.05) is 6.54 Å². The first-order valence-corrected chi connectivity index (χ1v) is 7.98. The fraction of sp³-hybridized carbons (Fsp3) is 0.375. The molecule has 21 heavy (non-hydrogen) atoms. The van der Waals surface area contributed by atoms with Crippen LogP contribution in [0.3, 0.4) is 0 Å². The molecule has 112 valence electrons. The number of hydrogen-bond acceptors (Lipinski definition) is 4. The van der Waals surface area contributed by atoms with E-state index in [-0.39, 0.29) is 5.91 Å². The molecule has 1 aromatic carbocycles. The lowest BCUT2D eigenvalue weighted by atomic mass is 9.92. The summed E-state index contributed by atoms with van der Waals surface area (Å²) in [6, 6.07) is 9.41. The summed E-state index contributed by atoms with van der Waals surface area (Å²) < 4.78 is 0. The van der Waals surface area contributed by atoms with Gasteiger partial charge in [0.2, 0.25) is 5.91 Å². The highest BCUT2D eigenvalue weighted by molar-refractivity contribution is 7.09. The molecule has 0 radical (unpaired) electrons. The topological polar surface area (TPSA) is 68.0 Å². The Bertz CT molecular complexity index is 593. The van der Waals surface area contributed by atoms with Gasteiger partial charge in [-0.2, -0.15) is 0 Å². The number of nitrogens with two attached hydrogens (primary N) is 1. The van der Waals surface area contributed by atoms with Crippen LogP contribution in [0.4, 0.5) is 0 Å². The van der Waals surface area contributed by atoms with Crippen LogP contribution in [0.2, 0.25) is 0 Å². The van der Waals surface area contributed by atoms with Crippen LogP contribution in [0.25, 0.3) is 0 Å². The maximum absolute atomic E-state index is 12.3. The van der Waals surface area contributed by atoms with Gasteiger partial charge in [0, 0.05) is 18.3 Å². The quantitative estimate of drug-likeness (QED) is 0.860. The lowest BCUT2D eigenvalue weighted by Gasteiger charge is -2.24. The molecule has 1 unspecified atom stereocenters. The average Bonchev–Trinajstić information content (AvgIpc) is 2.96. The van der Waals surface area contributed by atoms with Crippen LogP contribution >= 0.6 is 11.3 Å². The van der Waals surface area contributed by atoms with E-state index in [0.29, 0.717) is 6.54 Å². The van der Waals surface area contributed by atoms with Crippen molar-refractivity contribution in [2.45, 2.75) is 32.2 Å². The number of aromatic nitrogens is 1. The Morgan fingerprint density at radius 1 is 1.38 bits per heavy atom. The number of benzene rings is 1. The first-order chi connectivity index (χ1) is 10.0. The summed E-state index contributed by atoms with van der Waals surface area (Å²) in [4.78, 5) is 16.7. The molecule has 2 aromatic rings. The number of nitrogens with one attached hydrogen (secondary N) is 1. The van der Waals surface area contributed by atoms with Crippen LogP contribution in [-0.2, 0) is 23.2 Å². The summed E-state index contributed by atoms with van der Waals surface area (Å²) in [5.74, 6) is -0.167. The van der Waals surface area contributed by atoms with Gasteiger partial charge in [0.25, 0.3) is 0 Å².